The summed E-state index contributed by atoms with van der Waals surface area (Å²) in [5, 5.41) is 18.6. The van der Waals surface area contributed by atoms with Gasteiger partial charge in [0.1, 0.15) is 0 Å². The van der Waals surface area contributed by atoms with E-state index < -0.39 is 0 Å². The Bertz CT molecular complexity index is 182. The molecule has 1 fully saturated rings. The SMILES string of the molecule is OC[C@@]12CC=CC[C@]1(CO)CC2. The topological polar surface area (TPSA) is 40.5 Å². The first-order valence-electron chi connectivity index (χ1n) is 4.65. The molecule has 0 spiro atoms. The van der Waals surface area contributed by atoms with Gasteiger partial charge in [0.05, 0.1) is 0 Å². The van der Waals surface area contributed by atoms with Gasteiger partial charge in [0.25, 0.3) is 0 Å². The Balaban J connectivity index is 2.26. The predicted molar refractivity (Wildman–Crippen MR) is 46.6 cm³/mol. The molecule has 1 saturated carbocycles. The normalized spacial score (nSPS) is 45.2. The van der Waals surface area contributed by atoms with Crippen molar-refractivity contribution in [2.75, 3.05) is 13.2 Å². The van der Waals surface area contributed by atoms with Crippen molar-refractivity contribution in [1.82, 2.24) is 0 Å². The molecule has 0 heterocycles. The van der Waals surface area contributed by atoms with E-state index in [4.69, 9.17) is 0 Å². The molecule has 0 bridgehead atoms. The van der Waals surface area contributed by atoms with E-state index in [1.165, 1.54) is 0 Å². The molecule has 2 atom stereocenters. The standard InChI is InChI=1S/C10H16O2/c11-7-9-3-1-2-4-10(9,8-12)6-5-9/h1-2,11-12H,3-8H2/t9-,10+. The fourth-order valence-electron chi connectivity index (χ4n) is 2.71. The van der Waals surface area contributed by atoms with Crippen LogP contribution >= 0.6 is 0 Å². The van der Waals surface area contributed by atoms with Crippen LogP contribution in [0.2, 0.25) is 0 Å². The molecule has 2 heteroatoms. The van der Waals surface area contributed by atoms with Crippen molar-refractivity contribution in [1.29, 1.82) is 0 Å². The van der Waals surface area contributed by atoms with Gasteiger partial charge in [-0.15, -0.1) is 0 Å². The van der Waals surface area contributed by atoms with Crippen molar-refractivity contribution in [2.45, 2.75) is 25.7 Å². The van der Waals surface area contributed by atoms with Gasteiger partial charge in [-0.1, -0.05) is 12.2 Å². The first kappa shape index (κ1) is 8.27. The van der Waals surface area contributed by atoms with Crippen molar-refractivity contribution in [3.05, 3.63) is 12.2 Å². The second-order valence-corrected chi connectivity index (χ2v) is 4.26. The smallest absolute Gasteiger partial charge is 0.0496 e. The van der Waals surface area contributed by atoms with E-state index in [1.807, 2.05) is 0 Å². The molecule has 0 amide bonds. The van der Waals surface area contributed by atoms with Gasteiger partial charge in [-0.2, -0.15) is 0 Å². The van der Waals surface area contributed by atoms with Gasteiger partial charge >= 0.3 is 0 Å². The molecule has 2 aliphatic rings. The summed E-state index contributed by atoms with van der Waals surface area (Å²) in [6, 6.07) is 0. The number of hydrogen-bond donors (Lipinski definition) is 2. The Morgan fingerprint density at radius 3 is 1.58 bits per heavy atom. The number of rotatable bonds is 2. The highest BCUT2D eigenvalue weighted by Gasteiger charge is 2.57. The predicted octanol–water partition coefficient (Wildman–Crippen LogP) is 1.09. The molecule has 0 aromatic carbocycles. The van der Waals surface area contributed by atoms with Crippen LogP contribution in [-0.4, -0.2) is 23.4 Å². The molecule has 2 aliphatic carbocycles. The third-order valence-electron chi connectivity index (χ3n) is 4.00. The molecular formula is C10H16O2. The summed E-state index contributed by atoms with van der Waals surface area (Å²) in [7, 11) is 0. The van der Waals surface area contributed by atoms with Crippen LogP contribution in [0.5, 0.6) is 0 Å². The van der Waals surface area contributed by atoms with E-state index in [-0.39, 0.29) is 24.0 Å². The highest BCUT2D eigenvalue weighted by atomic mass is 16.3. The highest BCUT2D eigenvalue weighted by molar-refractivity contribution is 5.15. The fourth-order valence-corrected chi connectivity index (χ4v) is 2.71. The second-order valence-electron chi connectivity index (χ2n) is 4.26. The zero-order chi connectivity index (χ0) is 8.66. The zero-order valence-corrected chi connectivity index (χ0v) is 7.29. The van der Waals surface area contributed by atoms with Crippen LogP contribution in [0, 0.1) is 10.8 Å². The molecule has 2 rings (SSSR count). The van der Waals surface area contributed by atoms with E-state index in [0.717, 1.165) is 25.7 Å². The Morgan fingerprint density at radius 1 is 0.917 bits per heavy atom. The molecule has 0 aliphatic heterocycles. The molecule has 68 valence electrons. The number of aliphatic hydroxyl groups is 2. The summed E-state index contributed by atoms with van der Waals surface area (Å²) < 4.78 is 0. The van der Waals surface area contributed by atoms with Crippen LogP contribution in [0.3, 0.4) is 0 Å². The van der Waals surface area contributed by atoms with Crippen LogP contribution in [-0.2, 0) is 0 Å². The minimum absolute atomic E-state index is 0.0243. The lowest BCUT2D eigenvalue weighted by Gasteiger charge is -2.59. The van der Waals surface area contributed by atoms with E-state index in [1.54, 1.807) is 0 Å². The summed E-state index contributed by atoms with van der Waals surface area (Å²) in [5.41, 5.74) is 0.0486. The van der Waals surface area contributed by atoms with Crippen molar-refractivity contribution < 1.29 is 10.2 Å². The Morgan fingerprint density at radius 2 is 1.33 bits per heavy atom. The lowest BCUT2D eigenvalue weighted by Crippen LogP contribution is -2.56. The molecule has 0 aromatic rings. The molecule has 12 heavy (non-hydrogen) atoms. The van der Waals surface area contributed by atoms with Gasteiger partial charge in [-0.05, 0) is 25.7 Å². The molecule has 0 radical (unpaired) electrons. The van der Waals surface area contributed by atoms with Crippen LogP contribution in [0.1, 0.15) is 25.7 Å². The molecule has 0 aromatic heterocycles. The number of aliphatic hydroxyl groups excluding tert-OH is 2. The second kappa shape index (κ2) is 2.57. The van der Waals surface area contributed by atoms with Gasteiger partial charge in [0, 0.05) is 24.0 Å². The van der Waals surface area contributed by atoms with Crippen LogP contribution < -0.4 is 0 Å². The van der Waals surface area contributed by atoms with Crippen molar-refractivity contribution in [3.8, 4) is 0 Å². The molecule has 0 saturated heterocycles. The van der Waals surface area contributed by atoms with Crippen LogP contribution in [0.15, 0.2) is 12.2 Å². The first-order valence-corrected chi connectivity index (χ1v) is 4.65. The van der Waals surface area contributed by atoms with Crippen molar-refractivity contribution >= 4 is 0 Å². The third kappa shape index (κ3) is 0.771. The quantitative estimate of drug-likeness (QED) is 0.606. The lowest BCUT2D eigenvalue weighted by atomic mass is 9.46. The number of allylic oxidation sites excluding steroid dienone is 2. The Labute approximate surface area is 72.9 Å². The third-order valence-corrected chi connectivity index (χ3v) is 4.00. The summed E-state index contributed by atoms with van der Waals surface area (Å²) >= 11 is 0. The van der Waals surface area contributed by atoms with E-state index >= 15 is 0 Å². The molecular weight excluding hydrogens is 152 g/mol. The van der Waals surface area contributed by atoms with Gasteiger partial charge in [0.15, 0.2) is 0 Å². The van der Waals surface area contributed by atoms with Gasteiger partial charge in [-0.3, -0.25) is 0 Å². The van der Waals surface area contributed by atoms with Crippen molar-refractivity contribution in [2.24, 2.45) is 10.8 Å². The fraction of sp³-hybridized carbons (Fsp3) is 0.800. The molecule has 2 nitrogen and oxygen atoms in total. The largest absolute Gasteiger partial charge is 0.396 e. The average molecular weight is 168 g/mol. The van der Waals surface area contributed by atoms with Crippen molar-refractivity contribution in [3.63, 3.8) is 0 Å². The molecule has 0 unspecified atom stereocenters. The number of fused-ring (bicyclic) bond motifs is 1. The maximum Gasteiger partial charge on any atom is 0.0496 e. The van der Waals surface area contributed by atoms with Gasteiger partial charge in [0.2, 0.25) is 0 Å². The summed E-state index contributed by atoms with van der Waals surface area (Å²) in [6.45, 7) is 0.468. The van der Waals surface area contributed by atoms with E-state index in [2.05, 4.69) is 12.2 Å². The maximum absolute atomic E-state index is 9.32. The minimum atomic E-state index is 0.0243. The number of hydrogen-bond acceptors (Lipinski definition) is 2. The molecule has 2 N–H and O–H groups in total. The van der Waals surface area contributed by atoms with E-state index in [0.29, 0.717) is 0 Å². The summed E-state index contributed by atoms with van der Waals surface area (Å²) in [4.78, 5) is 0. The minimum Gasteiger partial charge on any atom is -0.396 e. The van der Waals surface area contributed by atoms with Crippen LogP contribution in [0.25, 0.3) is 0 Å². The lowest BCUT2D eigenvalue weighted by molar-refractivity contribution is -0.143. The summed E-state index contributed by atoms with van der Waals surface area (Å²) in [5.74, 6) is 0. The van der Waals surface area contributed by atoms with E-state index in [9.17, 15) is 10.2 Å². The first-order chi connectivity index (χ1) is 5.79. The van der Waals surface area contributed by atoms with Gasteiger partial charge in [-0.25, -0.2) is 0 Å². The summed E-state index contributed by atoms with van der Waals surface area (Å²) in [6.07, 6.45) is 8.34. The Hall–Kier alpha value is -0.340. The van der Waals surface area contributed by atoms with Crippen LogP contribution in [0.4, 0.5) is 0 Å². The maximum atomic E-state index is 9.32. The monoisotopic (exact) mass is 168 g/mol. The Kier molecular flexibility index (Phi) is 1.77. The average Bonchev–Trinajstić information content (AvgIpc) is 2.09. The zero-order valence-electron chi connectivity index (χ0n) is 7.29. The van der Waals surface area contributed by atoms with Gasteiger partial charge < -0.3 is 10.2 Å². The highest BCUT2D eigenvalue weighted by Crippen LogP contribution is 2.62.